The van der Waals surface area contributed by atoms with Gasteiger partial charge in [-0.05, 0) is 42.9 Å². The van der Waals surface area contributed by atoms with Gasteiger partial charge in [-0.1, -0.05) is 23.7 Å². The third kappa shape index (κ3) is 3.59. The second-order valence-electron chi connectivity index (χ2n) is 6.07. The van der Waals surface area contributed by atoms with Crippen molar-refractivity contribution in [2.75, 3.05) is 18.6 Å². The molecule has 0 radical (unpaired) electrons. The molecule has 2 aromatic carbocycles. The third-order valence-electron chi connectivity index (χ3n) is 4.05. The number of hydrogen-bond acceptors (Lipinski definition) is 3. The van der Waals surface area contributed by atoms with E-state index in [2.05, 4.69) is 0 Å². The maximum Gasteiger partial charge on any atom is 0.416 e. The smallest absolute Gasteiger partial charge is 0.291 e. The predicted molar refractivity (Wildman–Crippen MR) is 91.0 cm³/mol. The van der Waals surface area contributed by atoms with E-state index in [-0.39, 0.29) is 12.2 Å². The first-order valence-corrected chi connectivity index (χ1v) is 8.05. The van der Waals surface area contributed by atoms with E-state index in [0.717, 1.165) is 12.1 Å². The van der Waals surface area contributed by atoms with Crippen molar-refractivity contribution in [2.24, 2.45) is 0 Å². The topological polar surface area (TPSA) is 40.6 Å². The van der Waals surface area contributed by atoms with Gasteiger partial charge in [0.05, 0.1) is 23.5 Å². The molecule has 0 saturated carbocycles. The maximum atomic E-state index is 12.6. The molecule has 1 aliphatic heterocycles. The number of ketones is 1. The number of hydrogen-bond donors (Lipinski definition) is 0. The summed E-state index contributed by atoms with van der Waals surface area (Å²) in [6.07, 6.45) is -4.38. The number of benzene rings is 2. The van der Waals surface area contributed by atoms with Crippen LogP contribution in [-0.2, 0) is 17.5 Å². The lowest BCUT2D eigenvalue weighted by Crippen LogP contribution is -2.38. The van der Waals surface area contributed by atoms with Gasteiger partial charge in [0.25, 0.3) is 5.78 Å². The minimum absolute atomic E-state index is 0.125. The number of fused-ring (bicyclic) bond motifs is 1. The minimum Gasteiger partial charge on any atom is -0.291 e. The minimum atomic E-state index is -4.38. The number of amides is 1. The number of nitrogens with zero attached hydrogens (tertiary/aromatic N) is 2. The van der Waals surface area contributed by atoms with E-state index in [1.165, 1.54) is 23.1 Å². The summed E-state index contributed by atoms with van der Waals surface area (Å²) in [5.41, 5.74) is 0.680. The van der Waals surface area contributed by atoms with Gasteiger partial charge < -0.3 is 0 Å². The van der Waals surface area contributed by atoms with Gasteiger partial charge in [0.1, 0.15) is 0 Å². The van der Waals surface area contributed by atoms with E-state index in [1.54, 1.807) is 24.1 Å². The highest BCUT2D eigenvalue weighted by molar-refractivity contribution is 6.52. The zero-order valence-corrected chi connectivity index (χ0v) is 14.4. The Bertz CT molecular complexity index is 866. The van der Waals surface area contributed by atoms with Gasteiger partial charge in [0, 0.05) is 11.6 Å². The van der Waals surface area contributed by atoms with E-state index in [1.807, 2.05) is 0 Å². The van der Waals surface area contributed by atoms with Crippen molar-refractivity contribution in [2.45, 2.75) is 12.7 Å². The van der Waals surface area contributed by atoms with Gasteiger partial charge in [-0.15, -0.1) is 0 Å². The SMILES string of the molecule is CN(Cc1ccc(C(F)(F)F)cc1)CN1C(=O)C(=O)c2cc(Cl)ccc21. The van der Waals surface area contributed by atoms with Gasteiger partial charge in [0.2, 0.25) is 0 Å². The van der Waals surface area contributed by atoms with Crippen LogP contribution >= 0.6 is 11.6 Å². The lowest BCUT2D eigenvalue weighted by Gasteiger charge is -2.24. The summed E-state index contributed by atoms with van der Waals surface area (Å²) in [7, 11) is 1.71. The van der Waals surface area contributed by atoms with E-state index < -0.39 is 23.4 Å². The number of anilines is 1. The van der Waals surface area contributed by atoms with Gasteiger partial charge >= 0.3 is 12.1 Å². The van der Waals surface area contributed by atoms with Crippen molar-refractivity contribution in [3.05, 3.63) is 64.2 Å². The molecule has 0 atom stereocenters. The summed E-state index contributed by atoms with van der Waals surface area (Å²) in [6, 6.07) is 9.47. The number of halogens is 4. The normalized spacial score (nSPS) is 14.3. The van der Waals surface area contributed by atoms with Crippen LogP contribution in [0.5, 0.6) is 0 Å². The summed E-state index contributed by atoms with van der Waals surface area (Å²) in [4.78, 5) is 27.3. The number of alkyl halides is 3. The maximum absolute atomic E-state index is 12.6. The number of carbonyl (C=O) groups excluding carboxylic acids is 2. The second-order valence-corrected chi connectivity index (χ2v) is 6.51. The van der Waals surface area contributed by atoms with E-state index in [0.29, 0.717) is 22.8 Å². The second kappa shape index (κ2) is 6.74. The molecule has 8 heteroatoms. The van der Waals surface area contributed by atoms with Crippen molar-refractivity contribution in [1.29, 1.82) is 0 Å². The Morgan fingerprint density at radius 1 is 1.08 bits per heavy atom. The number of rotatable bonds is 4. The Kier molecular flexibility index (Phi) is 4.77. The molecule has 0 unspecified atom stereocenters. The monoisotopic (exact) mass is 382 g/mol. The highest BCUT2D eigenvalue weighted by atomic mass is 35.5. The van der Waals surface area contributed by atoms with Crippen molar-refractivity contribution < 1.29 is 22.8 Å². The summed E-state index contributed by atoms with van der Waals surface area (Å²) >= 11 is 5.87. The molecular formula is C18H14ClF3N2O2. The molecule has 1 heterocycles. The van der Waals surface area contributed by atoms with Gasteiger partial charge in [-0.3, -0.25) is 19.4 Å². The van der Waals surface area contributed by atoms with E-state index in [4.69, 9.17) is 11.6 Å². The van der Waals surface area contributed by atoms with E-state index in [9.17, 15) is 22.8 Å². The highest BCUT2D eigenvalue weighted by Gasteiger charge is 2.36. The Balaban J connectivity index is 1.72. The van der Waals surface area contributed by atoms with Crippen LogP contribution in [0.2, 0.25) is 5.02 Å². The van der Waals surface area contributed by atoms with Crippen molar-refractivity contribution in [3.8, 4) is 0 Å². The van der Waals surface area contributed by atoms with Gasteiger partial charge in [-0.25, -0.2) is 0 Å². The summed E-state index contributed by atoms with van der Waals surface area (Å²) in [5, 5.41) is 0.366. The van der Waals surface area contributed by atoms with Crippen LogP contribution in [0.15, 0.2) is 42.5 Å². The lowest BCUT2D eigenvalue weighted by molar-refractivity contribution is -0.137. The fourth-order valence-electron chi connectivity index (χ4n) is 2.82. The molecule has 0 saturated heterocycles. The largest absolute Gasteiger partial charge is 0.416 e. The molecule has 1 aliphatic rings. The Hall–Kier alpha value is -2.38. The molecule has 3 rings (SSSR count). The third-order valence-corrected chi connectivity index (χ3v) is 4.29. The predicted octanol–water partition coefficient (Wildman–Crippen LogP) is 3.98. The molecule has 0 aromatic heterocycles. The Labute approximate surface area is 152 Å². The summed E-state index contributed by atoms with van der Waals surface area (Å²) in [5.74, 6) is -1.27. The average molecular weight is 383 g/mol. The molecule has 136 valence electrons. The molecule has 0 fully saturated rings. The fourth-order valence-corrected chi connectivity index (χ4v) is 2.99. The van der Waals surface area contributed by atoms with Crippen LogP contribution in [0.4, 0.5) is 18.9 Å². The lowest BCUT2D eigenvalue weighted by atomic mass is 10.1. The van der Waals surface area contributed by atoms with E-state index >= 15 is 0 Å². The molecular weight excluding hydrogens is 369 g/mol. The van der Waals surface area contributed by atoms with Crippen LogP contribution in [-0.4, -0.2) is 30.3 Å². The molecule has 4 nitrogen and oxygen atoms in total. The molecule has 0 N–H and O–H groups in total. The first kappa shape index (κ1) is 18.4. The summed E-state index contributed by atoms with van der Waals surface area (Å²) in [6.45, 7) is 0.444. The van der Waals surface area contributed by atoms with Gasteiger partial charge in [-0.2, -0.15) is 13.2 Å². The molecule has 0 spiro atoms. The first-order chi connectivity index (χ1) is 12.2. The van der Waals surface area contributed by atoms with Crippen LogP contribution in [0.1, 0.15) is 21.5 Å². The van der Waals surface area contributed by atoms with Crippen molar-refractivity contribution in [3.63, 3.8) is 0 Å². The van der Waals surface area contributed by atoms with Crippen LogP contribution in [0.25, 0.3) is 0 Å². The Morgan fingerprint density at radius 2 is 1.73 bits per heavy atom. The van der Waals surface area contributed by atoms with Crippen molar-refractivity contribution >= 4 is 29.0 Å². The standard InChI is InChI=1S/C18H14ClF3N2O2/c1-23(9-11-2-4-12(5-3-11)18(20,21)22)10-24-15-7-6-13(19)8-14(15)16(25)17(24)26/h2-8H,9-10H2,1H3. The molecule has 1 amide bonds. The van der Waals surface area contributed by atoms with Crippen molar-refractivity contribution in [1.82, 2.24) is 4.90 Å². The Morgan fingerprint density at radius 3 is 2.35 bits per heavy atom. The average Bonchev–Trinajstić information content (AvgIpc) is 2.79. The molecule has 0 bridgehead atoms. The zero-order valence-electron chi connectivity index (χ0n) is 13.7. The first-order valence-electron chi connectivity index (χ1n) is 7.67. The molecule has 0 aliphatic carbocycles. The van der Waals surface area contributed by atoms with Crippen LogP contribution < -0.4 is 4.90 Å². The highest BCUT2D eigenvalue weighted by Crippen LogP contribution is 2.32. The van der Waals surface area contributed by atoms with Crippen LogP contribution in [0.3, 0.4) is 0 Å². The quantitative estimate of drug-likeness (QED) is 0.751. The molecule has 26 heavy (non-hydrogen) atoms. The van der Waals surface area contributed by atoms with Gasteiger partial charge in [0.15, 0.2) is 0 Å². The summed E-state index contributed by atoms with van der Waals surface area (Å²) < 4.78 is 37.8. The zero-order chi connectivity index (χ0) is 19.1. The number of Topliss-reactive ketones (excluding diaryl/α,β-unsaturated/α-hetero) is 1. The van der Waals surface area contributed by atoms with Crippen LogP contribution in [0, 0.1) is 0 Å². The molecule has 2 aromatic rings. The number of carbonyl (C=O) groups is 2. The fraction of sp³-hybridized carbons (Fsp3) is 0.222.